The molecule has 3 aromatic rings. The number of carboxylic acid groups (broad SMARTS) is 1. The first-order valence-electron chi connectivity index (χ1n) is 6.06. The third-order valence-electron chi connectivity index (χ3n) is 2.80. The van der Waals surface area contributed by atoms with Crippen LogP contribution in [0.2, 0.25) is 0 Å². The van der Waals surface area contributed by atoms with Crippen molar-refractivity contribution in [2.24, 2.45) is 10.2 Å². The highest BCUT2D eigenvalue weighted by molar-refractivity contribution is 5.91. The number of carboxylic acids is 1. The van der Waals surface area contributed by atoms with E-state index in [2.05, 4.69) is 15.2 Å². The van der Waals surface area contributed by atoms with E-state index in [0.717, 1.165) is 0 Å². The number of benzene rings is 1. The van der Waals surface area contributed by atoms with Gasteiger partial charge in [0.15, 0.2) is 11.5 Å². The van der Waals surface area contributed by atoms with E-state index in [1.807, 2.05) is 0 Å². The van der Waals surface area contributed by atoms with Crippen LogP contribution in [0.4, 0.5) is 11.5 Å². The maximum absolute atomic E-state index is 11.2. The zero-order valence-corrected chi connectivity index (χ0v) is 10.7. The van der Waals surface area contributed by atoms with E-state index >= 15 is 0 Å². The molecule has 1 aromatic carbocycles. The van der Waals surface area contributed by atoms with Gasteiger partial charge in [-0.05, 0) is 24.3 Å². The third-order valence-corrected chi connectivity index (χ3v) is 2.80. The Labute approximate surface area is 118 Å². The van der Waals surface area contributed by atoms with Gasteiger partial charge in [0, 0.05) is 12.3 Å². The van der Waals surface area contributed by atoms with Gasteiger partial charge in [0.2, 0.25) is 0 Å². The van der Waals surface area contributed by atoms with Crippen LogP contribution in [0.15, 0.2) is 58.9 Å². The molecule has 0 aliphatic rings. The van der Waals surface area contributed by atoms with Gasteiger partial charge in [0.25, 0.3) is 0 Å². The molecule has 21 heavy (non-hydrogen) atoms. The fraction of sp³-hybridized carbons (Fsp3) is 0. The second-order valence-corrected chi connectivity index (χ2v) is 4.24. The summed E-state index contributed by atoms with van der Waals surface area (Å²) in [7, 11) is 0. The van der Waals surface area contributed by atoms with E-state index < -0.39 is 5.97 Å². The lowest BCUT2D eigenvalue weighted by Gasteiger charge is -1.96. The van der Waals surface area contributed by atoms with Crippen LogP contribution < -0.4 is 0 Å². The quantitative estimate of drug-likeness (QED) is 0.720. The lowest BCUT2D eigenvalue weighted by molar-refractivity contribution is 0.0692. The van der Waals surface area contributed by atoms with Crippen molar-refractivity contribution in [2.75, 3.05) is 0 Å². The molecule has 0 aliphatic heterocycles. The van der Waals surface area contributed by atoms with Crippen molar-refractivity contribution in [1.82, 2.24) is 9.38 Å². The summed E-state index contributed by atoms with van der Waals surface area (Å²) in [5.74, 6) is -0.993. The second kappa shape index (κ2) is 5.04. The van der Waals surface area contributed by atoms with Gasteiger partial charge >= 0.3 is 5.97 Å². The molecule has 0 radical (unpaired) electrons. The molecule has 0 unspecified atom stereocenters. The minimum absolute atomic E-state index is 0.0584. The maximum atomic E-state index is 11.2. The van der Waals surface area contributed by atoms with Gasteiger partial charge in [-0.25, -0.2) is 9.78 Å². The Morgan fingerprint density at radius 3 is 2.76 bits per heavy atom. The predicted molar refractivity (Wildman–Crippen MR) is 74.4 cm³/mol. The molecule has 7 nitrogen and oxygen atoms in total. The highest BCUT2D eigenvalue weighted by atomic mass is 16.4. The van der Waals surface area contributed by atoms with Crippen LogP contribution in [0.25, 0.3) is 5.65 Å². The predicted octanol–water partition coefficient (Wildman–Crippen LogP) is 3.15. The summed E-state index contributed by atoms with van der Waals surface area (Å²) in [5, 5.41) is 26.5. The minimum Gasteiger partial charge on any atom is -0.508 e. The van der Waals surface area contributed by atoms with Crippen LogP contribution in [0.5, 0.6) is 5.75 Å². The molecule has 0 atom stereocenters. The number of hydrogen-bond acceptors (Lipinski definition) is 5. The van der Waals surface area contributed by atoms with Gasteiger partial charge in [0.05, 0.1) is 5.69 Å². The molecule has 7 heteroatoms. The van der Waals surface area contributed by atoms with Crippen molar-refractivity contribution in [3.05, 3.63) is 54.4 Å². The summed E-state index contributed by atoms with van der Waals surface area (Å²) in [6.45, 7) is 0. The number of carbonyl (C=O) groups is 1. The lowest BCUT2D eigenvalue weighted by Crippen LogP contribution is -1.96. The Bertz CT molecular complexity index is 854. The standard InChI is InChI=1S/C14H10N4O3/c19-10-5-3-4-9(8-10)16-17-13-12(14(20)21)15-11-6-1-2-7-18(11)13/h1-8,19H,(H,20,21). The van der Waals surface area contributed by atoms with Gasteiger partial charge < -0.3 is 10.2 Å². The number of imidazole rings is 1. The largest absolute Gasteiger partial charge is 0.508 e. The van der Waals surface area contributed by atoms with Crippen LogP contribution in [-0.2, 0) is 0 Å². The SMILES string of the molecule is O=C(O)c1nc2ccccn2c1N=Nc1cccc(O)c1. The summed E-state index contributed by atoms with van der Waals surface area (Å²) in [5.41, 5.74) is 0.710. The van der Waals surface area contributed by atoms with Crippen molar-refractivity contribution in [3.8, 4) is 5.75 Å². The number of fused-ring (bicyclic) bond motifs is 1. The second-order valence-electron chi connectivity index (χ2n) is 4.24. The Kier molecular flexibility index (Phi) is 3.07. The van der Waals surface area contributed by atoms with Crippen molar-refractivity contribution >= 4 is 23.1 Å². The lowest BCUT2D eigenvalue weighted by atomic mass is 10.3. The molecule has 0 saturated carbocycles. The number of hydrogen-bond donors (Lipinski definition) is 2. The van der Waals surface area contributed by atoms with Gasteiger partial charge in [-0.15, -0.1) is 10.2 Å². The number of azo groups is 1. The molecule has 0 aliphatic carbocycles. The Morgan fingerprint density at radius 1 is 1.14 bits per heavy atom. The number of nitrogens with zero attached hydrogens (tertiary/aromatic N) is 4. The van der Waals surface area contributed by atoms with E-state index in [4.69, 9.17) is 0 Å². The van der Waals surface area contributed by atoms with Gasteiger partial charge in [-0.3, -0.25) is 4.40 Å². The van der Waals surface area contributed by atoms with E-state index in [9.17, 15) is 15.0 Å². The summed E-state index contributed by atoms with van der Waals surface area (Å²) >= 11 is 0. The Balaban J connectivity index is 2.11. The van der Waals surface area contributed by atoms with E-state index in [-0.39, 0.29) is 17.3 Å². The number of phenols is 1. The van der Waals surface area contributed by atoms with Crippen LogP contribution >= 0.6 is 0 Å². The minimum atomic E-state index is -1.18. The van der Waals surface area contributed by atoms with Crippen LogP contribution in [0.1, 0.15) is 10.5 Å². The van der Waals surface area contributed by atoms with Crippen LogP contribution in [-0.4, -0.2) is 25.6 Å². The van der Waals surface area contributed by atoms with Crippen molar-refractivity contribution in [2.45, 2.75) is 0 Å². The first-order valence-corrected chi connectivity index (χ1v) is 6.06. The third kappa shape index (κ3) is 2.44. The molecule has 0 amide bonds. The number of aromatic nitrogens is 2. The summed E-state index contributed by atoms with van der Waals surface area (Å²) in [4.78, 5) is 15.2. The van der Waals surface area contributed by atoms with Gasteiger partial charge in [-0.2, -0.15) is 0 Å². The van der Waals surface area contributed by atoms with Crippen molar-refractivity contribution in [1.29, 1.82) is 0 Å². The van der Waals surface area contributed by atoms with E-state index in [0.29, 0.717) is 11.3 Å². The zero-order chi connectivity index (χ0) is 14.8. The molecule has 0 spiro atoms. The number of aromatic carboxylic acids is 1. The maximum Gasteiger partial charge on any atom is 0.358 e. The average Bonchev–Trinajstić information content (AvgIpc) is 2.84. The Morgan fingerprint density at radius 2 is 2.00 bits per heavy atom. The zero-order valence-electron chi connectivity index (χ0n) is 10.7. The summed E-state index contributed by atoms with van der Waals surface area (Å²) in [6.07, 6.45) is 1.66. The summed E-state index contributed by atoms with van der Waals surface area (Å²) < 4.78 is 1.54. The van der Waals surface area contributed by atoms with E-state index in [1.165, 1.54) is 16.5 Å². The van der Waals surface area contributed by atoms with E-state index in [1.54, 1.807) is 36.5 Å². The molecule has 0 saturated heterocycles. The average molecular weight is 282 g/mol. The molecule has 0 bridgehead atoms. The Hall–Kier alpha value is -3.22. The fourth-order valence-corrected chi connectivity index (χ4v) is 1.88. The number of phenolic OH excluding ortho intramolecular Hbond substituents is 1. The van der Waals surface area contributed by atoms with Gasteiger partial charge in [-0.1, -0.05) is 12.1 Å². The molecule has 2 aromatic heterocycles. The highest BCUT2D eigenvalue weighted by Crippen LogP contribution is 2.25. The monoisotopic (exact) mass is 282 g/mol. The normalized spacial score (nSPS) is 11.2. The number of pyridine rings is 1. The van der Waals surface area contributed by atoms with Gasteiger partial charge in [0.1, 0.15) is 11.4 Å². The molecule has 0 fully saturated rings. The fourth-order valence-electron chi connectivity index (χ4n) is 1.88. The van der Waals surface area contributed by atoms with Crippen LogP contribution in [0.3, 0.4) is 0 Å². The first-order chi connectivity index (χ1) is 10.1. The number of rotatable bonds is 3. The molecule has 104 valence electrons. The molecular formula is C14H10N4O3. The smallest absolute Gasteiger partial charge is 0.358 e. The molecule has 2 N–H and O–H groups in total. The number of aromatic hydroxyl groups is 1. The molecular weight excluding hydrogens is 272 g/mol. The topological polar surface area (TPSA) is 99.5 Å². The highest BCUT2D eigenvalue weighted by Gasteiger charge is 2.17. The van der Waals surface area contributed by atoms with Crippen molar-refractivity contribution in [3.63, 3.8) is 0 Å². The molecule has 2 heterocycles. The molecule has 3 rings (SSSR count). The van der Waals surface area contributed by atoms with Crippen molar-refractivity contribution < 1.29 is 15.0 Å². The first kappa shape index (κ1) is 12.8. The van der Waals surface area contributed by atoms with Crippen LogP contribution in [0, 0.1) is 0 Å². The summed E-state index contributed by atoms with van der Waals surface area (Å²) in [6, 6.07) is 11.4.